The number of ether oxygens (including phenoxy) is 2. The second-order valence-electron chi connectivity index (χ2n) is 8.35. The van der Waals surface area contributed by atoms with E-state index < -0.39 is 25.2 Å². The Balaban J connectivity index is 2.62. The maximum Gasteiger partial charge on any atom is 0.314 e. The van der Waals surface area contributed by atoms with E-state index in [-0.39, 0.29) is 5.75 Å². The molecule has 0 radical (unpaired) electrons. The topological polar surface area (TPSA) is 57.2 Å². The van der Waals surface area contributed by atoms with Crippen LogP contribution in [0.5, 0.6) is 17.2 Å². The zero-order chi connectivity index (χ0) is 19.3. The summed E-state index contributed by atoms with van der Waals surface area (Å²) in [7, 11) is -4.00. The number of methoxy groups -OCH3 is 1. The summed E-state index contributed by atoms with van der Waals surface area (Å²) in [6.45, 7) is 16.1. The molecule has 5 nitrogen and oxygen atoms in total. The molecule has 0 bridgehead atoms. The molecule has 8 heteroatoms. The highest BCUT2D eigenvalue weighted by Crippen LogP contribution is 2.30. The molecule has 0 atom stereocenters. The van der Waals surface area contributed by atoms with Crippen LogP contribution in [0.1, 0.15) is 6.42 Å². The molecule has 0 aliphatic rings. The van der Waals surface area contributed by atoms with Gasteiger partial charge in [-0.3, -0.25) is 0 Å². The van der Waals surface area contributed by atoms with Crippen LogP contribution in [0.4, 0.5) is 0 Å². The number of benzene rings is 1. The van der Waals surface area contributed by atoms with Crippen molar-refractivity contribution < 1.29 is 22.8 Å². The van der Waals surface area contributed by atoms with Crippen LogP contribution in [0.2, 0.25) is 51.9 Å². The smallest absolute Gasteiger partial charge is 0.314 e. The summed E-state index contributed by atoms with van der Waals surface area (Å²) >= 11 is 0. The summed E-state index contributed by atoms with van der Waals surface area (Å²) in [6.07, 6.45) is 0.876. The van der Waals surface area contributed by atoms with Crippen molar-refractivity contribution >= 4 is 25.2 Å². The van der Waals surface area contributed by atoms with Crippen molar-refractivity contribution in [1.29, 1.82) is 0 Å². The van der Waals surface area contributed by atoms with Gasteiger partial charge in [0.1, 0.15) is 5.75 Å². The Morgan fingerprint density at radius 2 is 1.48 bits per heavy atom. The monoisotopic (exact) mass is 402 g/mol. The minimum absolute atomic E-state index is 0.113. The van der Waals surface area contributed by atoms with Crippen LogP contribution in [0, 0.1) is 0 Å². The maximum absolute atomic E-state index is 9.63. The van der Waals surface area contributed by atoms with Gasteiger partial charge >= 0.3 is 8.56 Å². The molecule has 0 aliphatic carbocycles. The van der Waals surface area contributed by atoms with Crippen LogP contribution in [0.15, 0.2) is 18.2 Å². The second-order valence-corrected chi connectivity index (χ2v) is 21.2. The van der Waals surface area contributed by atoms with Crippen molar-refractivity contribution in [2.75, 3.05) is 13.7 Å². The molecule has 144 valence electrons. The van der Waals surface area contributed by atoms with Crippen molar-refractivity contribution in [3.8, 4) is 17.2 Å². The summed E-state index contributed by atoms with van der Waals surface area (Å²) in [5.41, 5.74) is 0. The van der Waals surface area contributed by atoms with Gasteiger partial charge in [0.15, 0.2) is 28.1 Å². The molecule has 0 fully saturated rings. The van der Waals surface area contributed by atoms with Crippen molar-refractivity contribution in [2.45, 2.75) is 58.3 Å². The molecule has 1 N–H and O–H groups in total. The lowest BCUT2D eigenvalue weighted by molar-refractivity contribution is 0.302. The Kier molecular flexibility index (Phi) is 7.75. The average Bonchev–Trinajstić information content (AvgIpc) is 2.41. The summed E-state index contributed by atoms with van der Waals surface area (Å²) in [4.78, 5) is 0. The SMILES string of the molecule is COc1cc(OCCC[Si](C)(O[Si](C)(C)C)O[Si](C)(C)C)ccc1O. The van der Waals surface area contributed by atoms with Crippen LogP contribution in [0.25, 0.3) is 0 Å². The highest BCUT2D eigenvalue weighted by atomic mass is 28.5. The first-order chi connectivity index (χ1) is 11.3. The van der Waals surface area contributed by atoms with E-state index in [1.807, 2.05) is 0 Å². The lowest BCUT2D eigenvalue weighted by Crippen LogP contribution is -2.52. The maximum atomic E-state index is 9.63. The van der Waals surface area contributed by atoms with E-state index in [0.717, 1.165) is 12.5 Å². The van der Waals surface area contributed by atoms with Crippen LogP contribution >= 0.6 is 0 Å². The van der Waals surface area contributed by atoms with Gasteiger partial charge in [0.05, 0.1) is 13.7 Å². The number of phenolic OH excluding ortho intramolecular Hbond substituents is 1. The van der Waals surface area contributed by atoms with Crippen molar-refractivity contribution in [1.82, 2.24) is 0 Å². The minimum Gasteiger partial charge on any atom is -0.504 e. The summed E-state index contributed by atoms with van der Waals surface area (Å²) in [6, 6.07) is 5.93. The first kappa shape index (κ1) is 22.2. The molecule has 0 heterocycles. The predicted molar refractivity (Wildman–Crippen MR) is 110 cm³/mol. The molecule has 0 unspecified atom stereocenters. The van der Waals surface area contributed by atoms with Gasteiger partial charge in [-0.1, -0.05) is 0 Å². The lowest BCUT2D eigenvalue weighted by Gasteiger charge is -2.38. The van der Waals surface area contributed by atoms with E-state index in [9.17, 15) is 5.11 Å². The second kappa shape index (κ2) is 8.72. The molecular formula is C17H34O5Si3. The Hall–Kier alpha value is -0.809. The van der Waals surface area contributed by atoms with Gasteiger partial charge in [0.25, 0.3) is 0 Å². The standard InChI is InChI=1S/C17H34O5Si3/c1-19-17-14-15(10-11-16(17)18)20-12-9-13-25(8,21-23(2,3)4)22-24(5,6)7/h10-11,14,18H,9,12-13H2,1-8H3. The van der Waals surface area contributed by atoms with E-state index in [1.54, 1.807) is 18.2 Å². The van der Waals surface area contributed by atoms with E-state index >= 15 is 0 Å². The van der Waals surface area contributed by atoms with E-state index in [4.69, 9.17) is 17.7 Å². The summed E-state index contributed by atoms with van der Waals surface area (Å²) in [5, 5.41) is 9.63. The fourth-order valence-corrected chi connectivity index (χ4v) is 15.3. The van der Waals surface area contributed by atoms with Gasteiger partial charge < -0.3 is 22.8 Å². The molecule has 25 heavy (non-hydrogen) atoms. The van der Waals surface area contributed by atoms with Gasteiger partial charge in [0, 0.05) is 6.07 Å². The van der Waals surface area contributed by atoms with Crippen LogP contribution < -0.4 is 9.47 Å². The van der Waals surface area contributed by atoms with Crippen LogP contribution in [-0.2, 0) is 8.23 Å². The molecule has 0 spiro atoms. The number of rotatable bonds is 10. The number of hydrogen-bond donors (Lipinski definition) is 1. The zero-order valence-electron chi connectivity index (χ0n) is 16.9. The van der Waals surface area contributed by atoms with Crippen molar-refractivity contribution in [3.63, 3.8) is 0 Å². The molecule has 1 rings (SSSR count). The zero-order valence-corrected chi connectivity index (χ0v) is 19.9. The third-order valence-corrected chi connectivity index (χ3v) is 12.9. The van der Waals surface area contributed by atoms with Gasteiger partial charge in [0.2, 0.25) is 0 Å². The minimum atomic E-state index is -2.21. The Labute approximate surface area is 155 Å². The molecule has 1 aromatic rings. The number of aromatic hydroxyl groups is 1. The third-order valence-electron chi connectivity index (χ3n) is 3.24. The molecule has 0 aromatic heterocycles. The molecule has 0 saturated heterocycles. The van der Waals surface area contributed by atoms with Gasteiger partial charge in [-0.05, 0) is 70.4 Å². The predicted octanol–water partition coefficient (Wildman–Crippen LogP) is 4.94. The Morgan fingerprint density at radius 1 is 0.920 bits per heavy atom. The molecular weight excluding hydrogens is 368 g/mol. The van der Waals surface area contributed by atoms with Crippen LogP contribution in [-0.4, -0.2) is 44.0 Å². The van der Waals surface area contributed by atoms with Crippen molar-refractivity contribution in [2.24, 2.45) is 0 Å². The molecule has 1 aromatic carbocycles. The Morgan fingerprint density at radius 3 is 1.96 bits per heavy atom. The van der Waals surface area contributed by atoms with Crippen molar-refractivity contribution in [3.05, 3.63) is 18.2 Å². The normalized spacial score (nSPS) is 13.0. The summed E-state index contributed by atoms with van der Waals surface area (Å²) < 4.78 is 23.9. The summed E-state index contributed by atoms with van der Waals surface area (Å²) in [5.74, 6) is 1.22. The molecule has 0 saturated carbocycles. The average molecular weight is 403 g/mol. The third kappa shape index (κ3) is 8.91. The molecule has 0 aliphatic heterocycles. The van der Waals surface area contributed by atoms with Crippen LogP contribution in [0.3, 0.4) is 0 Å². The Bertz CT molecular complexity index is 536. The van der Waals surface area contributed by atoms with Gasteiger partial charge in [-0.2, -0.15) is 0 Å². The fourth-order valence-electron chi connectivity index (χ4n) is 2.75. The molecule has 0 amide bonds. The highest BCUT2D eigenvalue weighted by Gasteiger charge is 2.39. The van der Waals surface area contributed by atoms with Gasteiger partial charge in [-0.15, -0.1) is 0 Å². The number of phenols is 1. The quantitative estimate of drug-likeness (QED) is 0.443. The lowest BCUT2D eigenvalue weighted by atomic mass is 10.3. The fraction of sp³-hybridized carbons (Fsp3) is 0.647. The number of hydrogen-bond acceptors (Lipinski definition) is 5. The highest BCUT2D eigenvalue weighted by molar-refractivity contribution is 6.87. The van der Waals surface area contributed by atoms with E-state index in [1.165, 1.54) is 7.11 Å². The first-order valence-electron chi connectivity index (χ1n) is 8.74. The van der Waals surface area contributed by atoms with E-state index in [2.05, 4.69) is 45.8 Å². The van der Waals surface area contributed by atoms with Gasteiger partial charge in [-0.25, -0.2) is 0 Å². The first-order valence-corrected chi connectivity index (χ1v) is 18.1. The largest absolute Gasteiger partial charge is 0.504 e. The van der Waals surface area contributed by atoms with E-state index in [0.29, 0.717) is 18.1 Å².